The molecule has 0 amide bonds. The van der Waals surface area contributed by atoms with E-state index in [4.69, 9.17) is 0 Å². The van der Waals surface area contributed by atoms with Crippen LogP contribution in [0.25, 0.3) is 0 Å². The largest absolute Gasteiger partial charge is 0.313 e. The Bertz CT molecular complexity index is 290. The summed E-state index contributed by atoms with van der Waals surface area (Å²) in [5.74, 6) is 0.973. The zero-order valence-corrected chi connectivity index (χ0v) is 10.7. The van der Waals surface area contributed by atoms with Crippen LogP contribution in [0.4, 0.5) is 0 Å². The van der Waals surface area contributed by atoms with Crippen molar-refractivity contribution in [2.45, 2.75) is 38.6 Å². The van der Waals surface area contributed by atoms with Crippen molar-refractivity contribution in [3.8, 4) is 0 Å². The van der Waals surface area contributed by atoms with Gasteiger partial charge in [0.05, 0.1) is 0 Å². The van der Waals surface area contributed by atoms with Gasteiger partial charge in [-0.15, -0.1) is 0 Å². The highest BCUT2D eigenvalue weighted by Crippen LogP contribution is 2.10. The smallest absolute Gasteiger partial charge is 0.137 e. The molecule has 0 unspecified atom stereocenters. The van der Waals surface area contributed by atoms with Crippen LogP contribution >= 0.6 is 0 Å². The Labute approximate surface area is 103 Å². The van der Waals surface area contributed by atoms with Crippen molar-refractivity contribution in [1.29, 1.82) is 0 Å². The average Bonchev–Trinajstić information content (AvgIpc) is 2.85. The molecule has 17 heavy (non-hydrogen) atoms. The summed E-state index contributed by atoms with van der Waals surface area (Å²) in [5, 5.41) is 10.3. The Morgan fingerprint density at radius 2 is 2.29 bits per heavy atom. The number of likely N-dealkylation sites (tertiary alicyclic amines) is 1. The van der Waals surface area contributed by atoms with Crippen LogP contribution in [0.15, 0.2) is 6.33 Å². The van der Waals surface area contributed by atoms with Crippen molar-refractivity contribution in [1.82, 2.24) is 25.4 Å². The van der Waals surface area contributed by atoms with Crippen LogP contribution in [0, 0.1) is 0 Å². The maximum atomic E-state index is 4.12. The first-order chi connectivity index (χ1) is 8.38. The molecule has 1 saturated heterocycles. The zero-order chi connectivity index (χ0) is 11.9. The number of hydrogen-bond acceptors (Lipinski definition) is 4. The van der Waals surface area contributed by atoms with E-state index in [1.165, 1.54) is 38.9 Å². The molecule has 5 nitrogen and oxygen atoms in total. The van der Waals surface area contributed by atoms with E-state index in [9.17, 15) is 0 Å². The minimum Gasteiger partial charge on any atom is -0.313 e. The third-order valence-electron chi connectivity index (χ3n) is 3.39. The summed E-state index contributed by atoms with van der Waals surface area (Å²) in [6, 6.07) is 0.686. The second-order valence-electron chi connectivity index (χ2n) is 4.75. The number of rotatable bonds is 6. The van der Waals surface area contributed by atoms with E-state index in [2.05, 4.69) is 32.3 Å². The van der Waals surface area contributed by atoms with E-state index < -0.39 is 0 Å². The number of aromatic amines is 1. The Kier molecular flexibility index (Phi) is 4.94. The van der Waals surface area contributed by atoms with E-state index in [1.807, 2.05) is 0 Å². The van der Waals surface area contributed by atoms with Gasteiger partial charge in [-0.25, -0.2) is 4.98 Å². The number of H-pyrrole nitrogens is 1. The summed E-state index contributed by atoms with van der Waals surface area (Å²) in [4.78, 5) is 6.68. The van der Waals surface area contributed by atoms with Gasteiger partial charge in [-0.3, -0.25) is 5.10 Å². The van der Waals surface area contributed by atoms with Gasteiger partial charge in [0.2, 0.25) is 0 Å². The van der Waals surface area contributed by atoms with Crippen molar-refractivity contribution < 1.29 is 0 Å². The summed E-state index contributed by atoms with van der Waals surface area (Å²) in [6.07, 6.45) is 6.32. The van der Waals surface area contributed by atoms with Crippen LogP contribution in [0.2, 0.25) is 0 Å². The first-order valence-corrected chi connectivity index (χ1v) is 6.68. The van der Waals surface area contributed by atoms with Gasteiger partial charge in [0.15, 0.2) is 0 Å². The Hall–Kier alpha value is -0.940. The highest BCUT2D eigenvalue weighted by Gasteiger charge is 2.17. The van der Waals surface area contributed by atoms with Gasteiger partial charge in [0, 0.05) is 19.0 Å². The summed E-state index contributed by atoms with van der Waals surface area (Å²) in [5.41, 5.74) is 0. The fourth-order valence-corrected chi connectivity index (χ4v) is 2.42. The summed E-state index contributed by atoms with van der Waals surface area (Å²) in [6.45, 7) is 6.99. The minimum absolute atomic E-state index is 0.686. The van der Waals surface area contributed by atoms with E-state index in [1.54, 1.807) is 6.33 Å². The lowest BCUT2D eigenvalue weighted by Crippen LogP contribution is -2.43. The molecular weight excluding hydrogens is 214 g/mol. The molecule has 5 heteroatoms. The van der Waals surface area contributed by atoms with Crippen molar-refractivity contribution >= 4 is 0 Å². The van der Waals surface area contributed by atoms with Gasteiger partial charge < -0.3 is 10.2 Å². The molecule has 1 aromatic heterocycles. The van der Waals surface area contributed by atoms with Crippen molar-refractivity contribution in [3.05, 3.63) is 12.2 Å². The fourth-order valence-electron chi connectivity index (χ4n) is 2.42. The second-order valence-corrected chi connectivity index (χ2v) is 4.75. The molecule has 96 valence electrons. The lowest BCUT2D eigenvalue weighted by molar-refractivity contribution is 0.198. The highest BCUT2D eigenvalue weighted by molar-refractivity contribution is 4.83. The maximum absolute atomic E-state index is 4.12. The van der Waals surface area contributed by atoms with Gasteiger partial charge in [-0.1, -0.05) is 6.92 Å². The Balaban J connectivity index is 1.58. The van der Waals surface area contributed by atoms with Crippen LogP contribution in [0.3, 0.4) is 0 Å². The molecule has 0 radical (unpaired) electrons. The number of aromatic nitrogens is 3. The molecule has 2 rings (SSSR count). The van der Waals surface area contributed by atoms with Crippen LogP contribution in [-0.2, 0) is 6.42 Å². The predicted molar refractivity (Wildman–Crippen MR) is 67.8 cm³/mol. The van der Waals surface area contributed by atoms with Crippen LogP contribution in [0.1, 0.15) is 32.0 Å². The SMILES string of the molecule is CCCN1CCC(NCCc2ncn[nH]2)CC1. The van der Waals surface area contributed by atoms with Crippen LogP contribution in [0.5, 0.6) is 0 Å². The van der Waals surface area contributed by atoms with Crippen molar-refractivity contribution in [2.75, 3.05) is 26.2 Å². The quantitative estimate of drug-likeness (QED) is 0.769. The maximum Gasteiger partial charge on any atom is 0.137 e. The van der Waals surface area contributed by atoms with E-state index in [0.717, 1.165) is 18.8 Å². The molecule has 0 saturated carbocycles. The predicted octanol–water partition coefficient (Wildman–Crippen LogP) is 0.811. The van der Waals surface area contributed by atoms with Gasteiger partial charge in [0.25, 0.3) is 0 Å². The lowest BCUT2D eigenvalue weighted by atomic mass is 10.0. The molecule has 0 atom stereocenters. The first kappa shape index (κ1) is 12.5. The molecule has 1 aliphatic heterocycles. The summed E-state index contributed by atoms with van der Waals surface area (Å²) >= 11 is 0. The topological polar surface area (TPSA) is 56.8 Å². The molecule has 2 heterocycles. The monoisotopic (exact) mass is 237 g/mol. The molecule has 0 spiro atoms. The van der Waals surface area contributed by atoms with Crippen LogP contribution < -0.4 is 5.32 Å². The molecule has 1 aliphatic rings. The number of piperidine rings is 1. The summed E-state index contributed by atoms with van der Waals surface area (Å²) in [7, 11) is 0. The number of nitrogens with zero attached hydrogens (tertiary/aromatic N) is 3. The number of nitrogens with one attached hydrogen (secondary N) is 2. The third kappa shape index (κ3) is 4.09. The summed E-state index contributed by atoms with van der Waals surface area (Å²) < 4.78 is 0. The second kappa shape index (κ2) is 6.71. The fraction of sp³-hybridized carbons (Fsp3) is 0.833. The van der Waals surface area contributed by atoms with Gasteiger partial charge in [-0.2, -0.15) is 5.10 Å². The lowest BCUT2D eigenvalue weighted by Gasteiger charge is -2.32. The molecule has 0 aliphatic carbocycles. The average molecular weight is 237 g/mol. The molecule has 1 aromatic rings. The molecular formula is C12H23N5. The molecule has 1 fully saturated rings. The van der Waals surface area contributed by atoms with Gasteiger partial charge in [-0.05, 0) is 38.9 Å². The first-order valence-electron chi connectivity index (χ1n) is 6.68. The highest BCUT2D eigenvalue weighted by atomic mass is 15.2. The van der Waals surface area contributed by atoms with Crippen LogP contribution in [-0.4, -0.2) is 52.3 Å². The molecule has 0 bridgehead atoms. The number of hydrogen-bond donors (Lipinski definition) is 2. The normalized spacial score (nSPS) is 18.6. The zero-order valence-electron chi connectivity index (χ0n) is 10.7. The Morgan fingerprint density at radius 3 is 2.94 bits per heavy atom. The van der Waals surface area contributed by atoms with Crippen molar-refractivity contribution in [3.63, 3.8) is 0 Å². The van der Waals surface area contributed by atoms with Gasteiger partial charge in [0.1, 0.15) is 12.2 Å². The van der Waals surface area contributed by atoms with E-state index >= 15 is 0 Å². The van der Waals surface area contributed by atoms with Gasteiger partial charge >= 0.3 is 0 Å². The molecule has 2 N–H and O–H groups in total. The standard InChI is InChI=1S/C12H23N5/c1-2-7-17-8-4-11(5-9-17)13-6-3-12-14-10-15-16-12/h10-11,13H,2-9H2,1H3,(H,14,15,16). The molecule has 0 aromatic carbocycles. The third-order valence-corrected chi connectivity index (χ3v) is 3.39. The minimum atomic E-state index is 0.686. The van der Waals surface area contributed by atoms with Crippen molar-refractivity contribution in [2.24, 2.45) is 0 Å². The Morgan fingerprint density at radius 1 is 1.47 bits per heavy atom. The van der Waals surface area contributed by atoms with E-state index in [-0.39, 0.29) is 0 Å². The van der Waals surface area contributed by atoms with E-state index in [0.29, 0.717) is 6.04 Å².